The predicted octanol–water partition coefficient (Wildman–Crippen LogP) is 3.33. The quantitative estimate of drug-likeness (QED) is 0.245. The van der Waals surface area contributed by atoms with Gasteiger partial charge in [-0.2, -0.15) is 4.31 Å². The maximum absolute atomic E-state index is 12.8. The molecule has 1 fully saturated rings. The van der Waals surface area contributed by atoms with E-state index in [9.17, 15) is 8.42 Å². The van der Waals surface area contributed by atoms with E-state index in [-0.39, 0.29) is 24.0 Å². The van der Waals surface area contributed by atoms with E-state index in [2.05, 4.69) is 22.5 Å². The summed E-state index contributed by atoms with van der Waals surface area (Å²) in [5, 5.41) is 6.53. The van der Waals surface area contributed by atoms with Crippen molar-refractivity contribution in [2.75, 3.05) is 26.7 Å². The highest BCUT2D eigenvalue weighted by Gasteiger charge is 2.25. The van der Waals surface area contributed by atoms with E-state index < -0.39 is 10.0 Å². The smallest absolute Gasteiger partial charge is 0.243 e. The zero-order chi connectivity index (χ0) is 18.8. The molecular weight excluding hydrogens is 475 g/mol. The van der Waals surface area contributed by atoms with Gasteiger partial charge in [0.2, 0.25) is 10.0 Å². The van der Waals surface area contributed by atoms with Crippen molar-refractivity contribution in [2.24, 2.45) is 4.99 Å². The predicted molar refractivity (Wildman–Crippen MR) is 122 cm³/mol. The van der Waals surface area contributed by atoms with Crippen LogP contribution in [-0.4, -0.2) is 45.4 Å². The van der Waals surface area contributed by atoms with E-state index in [0.717, 1.165) is 43.8 Å². The molecule has 6 nitrogen and oxygen atoms in total. The van der Waals surface area contributed by atoms with E-state index in [4.69, 9.17) is 0 Å². The van der Waals surface area contributed by atoms with Crippen LogP contribution in [0.1, 0.15) is 51.0 Å². The summed E-state index contributed by atoms with van der Waals surface area (Å²) in [5.41, 5.74) is 0.930. The first-order chi connectivity index (χ1) is 12.6. The number of nitrogens with zero attached hydrogens (tertiary/aromatic N) is 2. The van der Waals surface area contributed by atoms with Crippen molar-refractivity contribution >= 4 is 40.0 Å². The summed E-state index contributed by atoms with van der Waals surface area (Å²) < 4.78 is 27.2. The molecule has 0 amide bonds. The number of aliphatic imine (C=N–C) groups is 1. The molecule has 8 heteroatoms. The molecule has 0 aliphatic carbocycles. The standard InChI is InChI=1S/C19H32N4O2S.HI/c1-3-4-6-12-21-19(20-2)22-16-17-10-9-11-18(15-17)26(24,25)23-13-7-5-8-14-23;/h9-11,15H,3-8,12-14,16H2,1-2H3,(H2,20,21,22);1H. The Hall–Kier alpha value is -0.870. The lowest BCUT2D eigenvalue weighted by molar-refractivity contribution is 0.346. The second-order valence-corrected chi connectivity index (χ2v) is 8.61. The fourth-order valence-corrected chi connectivity index (χ4v) is 4.65. The lowest BCUT2D eigenvalue weighted by Crippen LogP contribution is -2.37. The topological polar surface area (TPSA) is 73.8 Å². The number of nitrogens with one attached hydrogen (secondary N) is 2. The number of hydrogen-bond donors (Lipinski definition) is 2. The lowest BCUT2D eigenvalue weighted by atomic mass is 10.2. The normalized spacial score (nSPS) is 15.9. The van der Waals surface area contributed by atoms with Crippen molar-refractivity contribution in [1.82, 2.24) is 14.9 Å². The molecule has 1 aliphatic heterocycles. The third-order valence-corrected chi connectivity index (χ3v) is 6.50. The van der Waals surface area contributed by atoms with Crippen LogP contribution in [0.15, 0.2) is 34.2 Å². The molecule has 0 aromatic heterocycles. The van der Waals surface area contributed by atoms with Crippen LogP contribution in [0, 0.1) is 0 Å². The van der Waals surface area contributed by atoms with Crippen molar-refractivity contribution in [3.63, 3.8) is 0 Å². The highest BCUT2D eigenvalue weighted by molar-refractivity contribution is 14.0. The Bertz CT molecular complexity index is 689. The van der Waals surface area contributed by atoms with Gasteiger partial charge in [-0.05, 0) is 37.0 Å². The van der Waals surface area contributed by atoms with E-state index in [1.165, 1.54) is 12.8 Å². The number of hydrogen-bond acceptors (Lipinski definition) is 3. The number of halogens is 1. The molecule has 154 valence electrons. The van der Waals surface area contributed by atoms with Crippen molar-refractivity contribution in [3.05, 3.63) is 29.8 Å². The Balaban J connectivity index is 0.00000364. The van der Waals surface area contributed by atoms with Crippen LogP contribution in [-0.2, 0) is 16.6 Å². The molecule has 1 heterocycles. The van der Waals surface area contributed by atoms with Gasteiger partial charge in [0.15, 0.2) is 5.96 Å². The average Bonchev–Trinajstić information content (AvgIpc) is 2.68. The monoisotopic (exact) mass is 508 g/mol. The Morgan fingerprint density at radius 3 is 2.56 bits per heavy atom. The number of rotatable bonds is 8. The minimum absolute atomic E-state index is 0. The SMILES string of the molecule is CCCCCNC(=NC)NCc1cccc(S(=O)(=O)N2CCCCC2)c1.I. The van der Waals surface area contributed by atoms with E-state index in [1.807, 2.05) is 12.1 Å². The fourth-order valence-electron chi connectivity index (χ4n) is 3.06. The highest BCUT2D eigenvalue weighted by Crippen LogP contribution is 2.21. The van der Waals surface area contributed by atoms with Gasteiger partial charge in [-0.25, -0.2) is 8.42 Å². The van der Waals surface area contributed by atoms with Crippen LogP contribution in [0.4, 0.5) is 0 Å². The molecule has 1 aliphatic rings. The average molecular weight is 508 g/mol. The molecular formula is C19H33IN4O2S. The number of guanidine groups is 1. The number of sulfonamides is 1. The minimum atomic E-state index is -3.39. The molecule has 1 saturated heterocycles. The van der Waals surface area contributed by atoms with Gasteiger partial charge in [0.1, 0.15) is 0 Å². The summed E-state index contributed by atoms with van der Waals surface area (Å²) in [6.07, 6.45) is 6.49. The van der Waals surface area contributed by atoms with Gasteiger partial charge in [-0.1, -0.05) is 38.3 Å². The summed E-state index contributed by atoms with van der Waals surface area (Å²) in [6, 6.07) is 7.20. The minimum Gasteiger partial charge on any atom is -0.356 e. The molecule has 2 rings (SSSR count). The fraction of sp³-hybridized carbons (Fsp3) is 0.632. The Labute approximate surface area is 181 Å². The summed E-state index contributed by atoms with van der Waals surface area (Å²) in [5.74, 6) is 0.741. The number of piperidine rings is 1. The maximum atomic E-state index is 12.8. The van der Waals surface area contributed by atoms with E-state index in [1.54, 1.807) is 23.5 Å². The molecule has 2 N–H and O–H groups in total. The largest absolute Gasteiger partial charge is 0.356 e. The van der Waals surface area contributed by atoms with Crippen molar-refractivity contribution in [1.29, 1.82) is 0 Å². The van der Waals surface area contributed by atoms with Crippen LogP contribution >= 0.6 is 24.0 Å². The summed E-state index contributed by atoms with van der Waals surface area (Å²) in [6.45, 7) is 4.85. The molecule has 0 saturated carbocycles. The van der Waals surface area contributed by atoms with Gasteiger partial charge >= 0.3 is 0 Å². The van der Waals surface area contributed by atoms with Crippen molar-refractivity contribution in [2.45, 2.75) is 56.9 Å². The first kappa shape index (κ1) is 24.2. The van der Waals surface area contributed by atoms with Gasteiger partial charge in [0.25, 0.3) is 0 Å². The van der Waals surface area contributed by atoms with Crippen LogP contribution in [0.25, 0.3) is 0 Å². The second kappa shape index (κ2) is 12.6. The van der Waals surface area contributed by atoms with Crippen molar-refractivity contribution < 1.29 is 8.42 Å². The number of benzene rings is 1. The molecule has 0 atom stereocenters. The third-order valence-electron chi connectivity index (χ3n) is 4.61. The van der Waals surface area contributed by atoms with Crippen LogP contribution in [0.5, 0.6) is 0 Å². The second-order valence-electron chi connectivity index (χ2n) is 6.67. The van der Waals surface area contributed by atoms with Crippen LogP contribution in [0.2, 0.25) is 0 Å². The summed E-state index contributed by atoms with van der Waals surface area (Å²) >= 11 is 0. The first-order valence-electron chi connectivity index (χ1n) is 9.61. The van der Waals surface area contributed by atoms with Gasteiger partial charge in [-0.15, -0.1) is 24.0 Å². The van der Waals surface area contributed by atoms with Crippen LogP contribution in [0.3, 0.4) is 0 Å². The van der Waals surface area contributed by atoms with E-state index in [0.29, 0.717) is 24.5 Å². The Morgan fingerprint density at radius 1 is 1.15 bits per heavy atom. The molecule has 0 unspecified atom stereocenters. The van der Waals surface area contributed by atoms with Crippen molar-refractivity contribution in [3.8, 4) is 0 Å². The summed E-state index contributed by atoms with van der Waals surface area (Å²) in [7, 11) is -1.65. The molecule has 27 heavy (non-hydrogen) atoms. The Morgan fingerprint density at radius 2 is 1.89 bits per heavy atom. The Kier molecular flexibility index (Phi) is 11.2. The summed E-state index contributed by atoms with van der Waals surface area (Å²) in [4.78, 5) is 4.59. The van der Waals surface area contributed by atoms with Gasteiger partial charge in [-0.3, -0.25) is 4.99 Å². The first-order valence-corrected chi connectivity index (χ1v) is 11.1. The molecule has 1 aromatic carbocycles. The third kappa shape index (κ3) is 7.57. The van der Waals surface area contributed by atoms with Gasteiger partial charge in [0, 0.05) is 33.2 Å². The molecule has 1 aromatic rings. The zero-order valence-corrected chi connectivity index (χ0v) is 19.6. The number of unbranched alkanes of at least 4 members (excludes halogenated alkanes) is 2. The highest BCUT2D eigenvalue weighted by atomic mass is 127. The maximum Gasteiger partial charge on any atom is 0.243 e. The lowest BCUT2D eigenvalue weighted by Gasteiger charge is -2.26. The van der Waals surface area contributed by atoms with Crippen LogP contribution < -0.4 is 10.6 Å². The molecule has 0 spiro atoms. The van der Waals surface area contributed by atoms with Gasteiger partial charge in [0.05, 0.1) is 4.90 Å². The molecule has 0 bridgehead atoms. The zero-order valence-electron chi connectivity index (χ0n) is 16.4. The van der Waals surface area contributed by atoms with Gasteiger partial charge < -0.3 is 10.6 Å². The molecule has 0 radical (unpaired) electrons. The van der Waals surface area contributed by atoms with E-state index >= 15 is 0 Å².